The molecule has 3 N–H and O–H groups in total. The number of hydrogen-bond donors (Lipinski definition) is 3. The summed E-state index contributed by atoms with van der Waals surface area (Å²) in [6, 6.07) is 11.9. The monoisotopic (exact) mass is 618 g/mol. The normalized spacial score (nSPS) is 15.8. The van der Waals surface area contributed by atoms with E-state index in [0.717, 1.165) is 58.8 Å². The lowest BCUT2D eigenvalue weighted by atomic mass is 9.92. The standard InChI is InChI=1S/C32H35FN6O4S/c1-32(2,19-40)30(41)39-13-11-38(12-14-39)18-20-3-7-24(35-17-20)28-16-25-29(44-28)27(9-10-34-25)43-26-8-6-22(15-23(26)33)37-31(42)36-21-4-5-21/h3,6-10,15-17,21,40H,4-5,11-14,18-19H2,1-2H3,(H2,36,37,42). The Morgan fingerprint density at radius 1 is 1.07 bits per heavy atom. The molecule has 4 aromatic rings. The molecule has 1 saturated heterocycles. The first-order valence-electron chi connectivity index (χ1n) is 14.7. The van der Waals surface area contributed by atoms with Crippen molar-refractivity contribution in [3.05, 3.63) is 66.2 Å². The Bertz CT molecular complexity index is 1670. The second kappa shape index (κ2) is 12.5. The van der Waals surface area contributed by atoms with E-state index in [1.165, 1.54) is 23.5 Å². The van der Waals surface area contributed by atoms with Crippen LogP contribution in [0.4, 0.5) is 14.9 Å². The maximum absolute atomic E-state index is 14.9. The molecule has 230 valence electrons. The van der Waals surface area contributed by atoms with Gasteiger partial charge in [0.05, 0.1) is 32.8 Å². The molecule has 0 spiro atoms. The second-order valence-electron chi connectivity index (χ2n) is 11.9. The van der Waals surface area contributed by atoms with Gasteiger partial charge >= 0.3 is 6.03 Å². The summed E-state index contributed by atoms with van der Waals surface area (Å²) >= 11 is 1.47. The summed E-state index contributed by atoms with van der Waals surface area (Å²) in [6.07, 6.45) is 5.43. The number of halogens is 1. The third-order valence-corrected chi connectivity index (χ3v) is 8.98. The number of piperazine rings is 1. The zero-order valence-electron chi connectivity index (χ0n) is 24.7. The predicted molar refractivity (Wildman–Crippen MR) is 167 cm³/mol. The number of aromatic nitrogens is 2. The maximum Gasteiger partial charge on any atom is 0.319 e. The van der Waals surface area contributed by atoms with Crippen LogP contribution < -0.4 is 15.4 Å². The van der Waals surface area contributed by atoms with Gasteiger partial charge in [0.15, 0.2) is 11.6 Å². The van der Waals surface area contributed by atoms with E-state index in [9.17, 15) is 19.1 Å². The third kappa shape index (κ3) is 6.82. The Kier molecular flexibility index (Phi) is 8.48. The van der Waals surface area contributed by atoms with Gasteiger partial charge in [-0.2, -0.15) is 0 Å². The van der Waals surface area contributed by atoms with Crippen LogP contribution in [0.3, 0.4) is 0 Å². The Balaban J connectivity index is 1.09. The summed E-state index contributed by atoms with van der Waals surface area (Å²) in [4.78, 5) is 38.8. The Morgan fingerprint density at radius 3 is 2.55 bits per heavy atom. The molecule has 0 bridgehead atoms. The number of anilines is 1. The van der Waals surface area contributed by atoms with Gasteiger partial charge in [-0.1, -0.05) is 6.07 Å². The molecular formula is C32H35FN6O4S. The fraction of sp³-hybridized carbons (Fsp3) is 0.375. The van der Waals surface area contributed by atoms with E-state index < -0.39 is 11.2 Å². The summed E-state index contributed by atoms with van der Waals surface area (Å²) < 4.78 is 21.6. The molecule has 0 unspecified atom stereocenters. The van der Waals surface area contributed by atoms with Crippen molar-refractivity contribution in [1.82, 2.24) is 25.1 Å². The number of carbonyl (C=O) groups excluding carboxylic acids is 2. The molecular weight excluding hydrogens is 583 g/mol. The summed E-state index contributed by atoms with van der Waals surface area (Å²) in [5, 5.41) is 15.0. The Morgan fingerprint density at radius 2 is 1.86 bits per heavy atom. The van der Waals surface area contributed by atoms with Gasteiger partial charge in [-0.3, -0.25) is 19.7 Å². The topological polar surface area (TPSA) is 120 Å². The lowest BCUT2D eigenvalue weighted by molar-refractivity contribution is -0.144. The highest BCUT2D eigenvalue weighted by atomic mass is 32.1. The van der Waals surface area contributed by atoms with Crippen LogP contribution in [0.2, 0.25) is 0 Å². The van der Waals surface area contributed by atoms with Crippen molar-refractivity contribution in [3.8, 4) is 22.1 Å². The number of amides is 3. The molecule has 3 amide bonds. The van der Waals surface area contributed by atoms with Crippen LogP contribution in [-0.2, 0) is 11.3 Å². The predicted octanol–water partition coefficient (Wildman–Crippen LogP) is 5.24. The largest absolute Gasteiger partial charge is 0.453 e. The molecule has 6 rings (SSSR count). The summed E-state index contributed by atoms with van der Waals surface area (Å²) in [5.74, 6) is -0.0724. The molecule has 3 aromatic heterocycles. The van der Waals surface area contributed by atoms with E-state index in [2.05, 4.69) is 26.6 Å². The van der Waals surface area contributed by atoms with E-state index >= 15 is 0 Å². The number of thiophene rings is 1. The number of aliphatic hydroxyl groups is 1. The van der Waals surface area contributed by atoms with Crippen LogP contribution in [-0.4, -0.2) is 75.6 Å². The molecule has 44 heavy (non-hydrogen) atoms. The average molecular weight is 619 g/mol. The highest BCUT2D eigenvalue weighted by molar-refractivity contribution is 7.22. The van der Waals surface area contributed by atoms with Gasteiger partial charge in [0.25, 0.3) is 0 Å². The minimum absolute atomic E-state index is 0.0118. The highest BCUT2D eigenvalue weighted by Crippen LogP contribution is 2.39. The van der Waals surface area contributed by atoms with Crippen LogP contribution >= 0.6 is 11.3 Å². The summed E-state index contributed by atoms with van der Waals surface area (Å²) in [6.45, 7) is 6.89. The fourth-order valence-corrected chi connectivity index (χ4v) is 6.05. The van der Waals surface area contributed by atoms with Gasteiger partial charge in [-0.15, -0.1) is 11.3 Å². The van der Waals surface area contributed by atoms with Crippen molar-refractivity contribution in [2.24, 2.45) is 5.41 Å². The number of rotatable bonds is 9. The lowest BCUT2D eigenvalue weighted by Gasteiger charge is -2.38. The molecule has 2 fully saturated rings. The molecule has 1 aliphatic carbocycles. The number of nitrogens with one attached hydrogen (secondary N) is 2. The molecule has 0 radical (unpaired) electrons. The number of nitrogens with zero attached hydrogens (tertiary/aromatic N) is 4. The average Bonchev–Trinajstić information content (AvgIpc) is 3.72. The van der Waals surface area contributed by atoms with Crippen molar-refractivity contribution >= 4 is 39.2 Å². The maximum atomic E-state index is 14.9. The number of fused-ring (bicyclic) bond motifs is 1. The van der Waals surface area contributed by atoms with Crippen molar-refractivity contribution in [2.45, 2.75) is 39.3 Å². The summed E-state index contributed by atoms with van der Waals surface area (Å²) in [5.41, 5.74) is 2.19. The molecule has 0 atom stereocenters. The van der Waals surface area contributed by atoms with Gasteiger partial charge < -0.3 is 25.4 Å². The Labute approximate surface area is 258 Å². The molecule has 12 heteroatoms. The SMILES string of the molecule is CC(C)(CO)C(=O)N1CCN(Cc2ccc(-c3cc4nccc(Oc5ccc(NC(=O)NC6CC6)cc5F)c4s3)nc2)CC1. The number of ether oxygens (including phenoxy) is 1. The smallest absolute Gasteiger partial charge is 0.319 e. The van der Waals surface area contributed by atoms with Crippen LogP contribution in [0, 0.1) is 11.2 Å². The zero-order chi connectivity index (χ0) is 30.8. The number of hydrogen-bond acceptors (Lipinski definition) is 8. The zero-order valence-corrected chi connectivity index (χ0v) is 25.5. The van der Waals surface area contributed by atoms with E-state index in [4.69, 9.17) is 9.72 Å². The number of pyridine rings is 2. The molecule has 10 nitrogen and oxygen atoms in total. The van der Waals surface area contributed by atoms with Gasteiger partial charge in [-0.25, -0.2) is 9.18 Å². The van der Waals surface area contributed by atoms with E-state index in [1.807, 2.05) is 23.2 Å². The van der Waals surface area contributed by atoms with Crippen molar-refractivity contribution < 1.29 is 23.8 Å². The number of aliphatic hydroxyl groups excluding tert-OH is 1. The molecule has 1 aromatic carbocycles. The molecule has 1 saturated carbocycles. The van der Waals surface area contributed by atoms with Crippen molar-refractivity contribution in [1.29, 1.82) is 0 Å². The molecule has 2 aliphatic rings. The number of urea groups is 1. The minimum Gasteiger partial charge on any atom is -0.453 e. The van der Waals surface area contributed by atoms with Gasteiger partial charge in [0, 0.05) is 69.0 Å². The second-order valence-corrected chi connectivity index (χ2v) is 13.0. The fourth-order valence-electron chi connectivity index (χ4n) is 5.01. The number of benzene rings is 1. The number of carbonyl (C=O) groups is 2. The minimum atomic E-state index is -0.758. The van der Waals surface area contributed by atoms with Crippen LogP contribution in [0.5, 0.6) is 11.5 Å². The quantitative estimate of drug-likeness (QED) is 0.235. The van der Waals surface area contributed by atoms with E-state index in [-0.39, 0.29) is 30.3 Å². The Hall–Kier alpha value is -4.13. The van der Waals surface area contributed by atoms with E-state index in [0.29, 0.717) is 24.5 Å². The lowest BCUT2D eigenvalue weighted by Crippen LogP contribution is -2.52. The first kappa shape index (κ1) is 29.9. The van der Waals surface area contributed by atoms with Gasteiger partial charge in [0.2, 0.25) is 5.91 Å². The highest BCUT2D eigenvalue weighted by Gasteiger charge is 2.33. The molecule has 1 aliphatic heterocycles. The summed E-state index contributed by atoms with van der Waals surface area (Å²) in [7, 11) is 0. The molecule has 4 heterocycles. The first-order valence-corrected chi connectivity index (χ1v) is 15.5. The van der Waals surface area contributed by atoms with Crippen molar-refractivity contribution in [3.63, 3.8) is 0 Å². The third-order valence-electron chi connectivity index (χ3n) is 7.82. The van der Waals surface area contributed by atoms with Crippen molar-refractivity contribution in [2.75, 3.05) is 38.1 Å². The van der Waals surface area contributed by atoms with Gasteiger partial charge in [-0.05, 0) is 56.5 Å². The van der Waals surface area contributed by atoms with Crippen LogP contribution in [0.1, 0.15) is 32.3 Å². The van der Waals surface area contributed by atoms with E-state index in [1.54, 1.807) is 32.2 Å². The van der Waals surface area contributed by atoms with Gasteiger partial charge in [0.1, 0.15) is 5.75 Å². The van der Waals surface area contributed by atoms with Crippen LogP contribution in [0.25, 0.3) is 20.8 Å². The first-order chi connectivity index (χ1) is 21.2. The van der Waals surface area contributed by atoms with Crippen LogP contribution in [0.15, 0.2) is 54.9 Å².